The van der Waals surface area contributed by atoms with Crippen LogP contribution in [-0.2, 0) is 6.18 Å². The zero-order valence-electron chi connectivity index (χ0n) is 17.2. The summed E-state index contributed by atoms with van der Waals surface area (Å²) in [5, 5.41) is 6.86. The van der Waals surface area contributed by atoms with Crippen molar-refractivity contribution in [3.8, 4) is 22.5 Å². The van der Waals surface area contributed by atoms with Gasteiger partial charge < -0.3 is 4.90 Å². The normalized spacial score (nSPS) is 15.6. The van der Waals surface area contributed by atoms with E-state index in [1.807, 2.05) is 0 Å². The summed E-state index contributed by atoms with van der Waals surface area (Å²) in [7, 11) is 0. The summed E-state index contributed by atoms with van der Waals surface area (Å²) in [6.07, 6.45) is -8.92. The lowest BCUT2D eigenvalue weighted by Crippen LogP contribution is -2.42. The molecule has 0 spiro atoms. The van der Waals surface area contributed by atoms with E-state index in [0.29, 0.717) is 28.1 Å². The molecule has 0 atom stereocenters. The molecule has 2 aromatic carbocycles. The number of carbonyl (C=O) groups is 1. The van der Waals surface area contributed by atoms with E-state index < -0.39 is 23.8 Å². The van der Waals surface area contributed by atoms with Gasteiger partial charge in [-0.3, -0.25) is 9.89 Å². The van der Waals surface area contributed by atoms with Gasteiger partial charge in [-0.1, -0.05) is 24.3 Å². The number of nitrogens with one attached hydrogen (secondary N) is 1. The van der Waals surface area contributed by atoms with Gasteiger partial charge in [0, 0.05) is 24.2 Å². The third-order valence-corrected chi connectivity index (χ3v) is 5.75. The van der Waals surface area contributed by atoms with Crippen LogP contribution in [0, 0.1) is 5.92 Å². The molecule has 10 heteroatoms. The molecule has 1 amide bonds. The summed E-state index contributed by atoms with van der Waals surface area (Å²) < 4.78 is 77.3. The average molecular weight is 467 g/mol. The van der Waals surface area contributed by atoms with Crippen LogP contribution in [0.25, 0.3) is 22.5 Å². The molecule has 1 aliphatic rings. The second-order valence-electron chi connectivity index (χ2n) is 7.93. The summed E-state index contributed by atoms with van der Waals surface area (Å²) >= 11 is 0. The molecule has 2 heterocycles. The van der Waals surface area contributed by atoms with Crippen LogP contribution in [0.4, 0.5) is 26.3 Å². The van der Waals surface area contributed by atoms with E-state index in [9.17, 15) is 31.1 Å². The molecule has 0 radical (unpaired) electrons. The molecule has 1 aromatic heterocycles. The molecular formula is C23H19F6N3O. The Hall–Kier alpha value is -3.30. The number of alkyl halides is 6. The van der Waals surface area contributed by atoms with E-state index in [4.69, 9.17) is 0 Å². The largest absolute Gasteiger partial charge is 0.416 e. The fourth-order valence-corrected chi connectivity index (χ4v) is 3.86. The van der Waals surface area contributed by atoms with Crippen molar-refractivity contribution < 1.29 is 31.1 Å². The number of H-pyrrole nitrogens is 1. The van der Waals surface area contributed by atoms with E-state index >= 15 is 0 Å². The number of amides is 1. The van der Waals surface area contributed by atoms with Crippen LogP contribution in [0.3, 0.4) is 0 Å². The number of likely N-dealkylation sites (tertiary alicyclic amines) is 1. The highest BCUT2D eigenvalue weighted by Gasteiger charge is 2.41. The van der Waals surface area contributed by atoms with Crippen LogP contribution >= 0.6 is 0 Å². The first-order valence-electron chi connectivity index (χ1n) is 10.2. The predicted molar refractivity (Wildman–Crippen MR) is 109 cm³/mol. The topological polar surface area (TPSA) is 49.0 Å². The Morgan fingerprint density at radius 1 is 0.909 bits per heavy atom. The van der Waals surface area contributed by atoms with Gasteiger partial charge in [-0.25, -0.2) is 0 Å². The molecule has 33 heavy (non-hydrogen) atoms. The number of hydrogen-bond donors (Lipinski definition) is 1. The van der Waals surface area contributed by atoms with Crippen molar-refractivity contribution in [2.24, 2.45) is 5.92 Å². The summed E-state index contributed by atoms with van der Waals surface area (Å²) in [5.74, 6) is -1.72. The lowest BCUT2D eigenvalue weighted by molar-refractivity contribution is -0.183. The Morgan fingerprint density at radius 2 is 1.58 bits per heavy atom. The van der Waals surface area contributed by atoms with Gasteiger partial charge in [0.05, 0.1) is 22.9 Å². The van der Waals surface area contributed by atoms with Crippen molar-refractivity contribution in [1.82, 2.24) is 15.1 Å². The second kappa shape index (κ2) is 8.57. The average Bonchev–Trinajstić information content (AvgIpc) is 3.28. The van der Waals surface area contributed by atoms with Crippen molar-refractivity contribution in [1.29, 1.82) is 0 Å². The maximum absolute atomic E-state index is 13.0. The number of rotatable bonds is 3. The minimum absolute atomic E-state index is 0.0473. The zero-order chi connectivity index (χ0) is 23.8. The fourth-order valence-electron chi connectivity index (χ4n) is 3.86. The minimum atomic E-state index is -4.46. The van der Waals surface area contributed by atoms with Gasteiger partial charge in [0.15, 0.2) is 0 Å². The number of hydrogen-bond acceptors (Lipinski definition) is 2. The molecule has 1 fully saturated rings. The van der Waals surface area contributed by atoms with Crippen molar-refractivity contribution in [3.05, 3.63) is 65.7 Å². The van der Waals surface area contributed by atoms with Crippen LogP contribution in [0.15, 0.2) is 54.6 Å². The molecule has 0 unspecified atom stereocenters. The highest BCUT2D eigenvalue weighted by atomic mass is 19.4. The molecule has 1 saturated heterocycles. The third kappa shape index (κ3) is 5.04. The lowest BCUT2D eigenvalue weighted by Gasteiger charge is -2.33. The first kappa shape index (κ1) is 22.9. The number of benzene rings is 2. The fraction of sp³-hybridized carbons (Fsp3) is 0.304. The van der Waals surface area contributed by atoms with E-state index in [1.54, 1.807) is 30.3 Å². The van der Waals surface area contributed by atoms with Crippen LogP contribution in [0.2, 0.25) is 0 Å². The molecule has 4 nitrogen and oxygen atoms in total. The van der Waals surface area contributed by atoms with Gasteiger partial charge >= 0.3 is 12.4 Å². The summed E-state index contributed by atoms with van der Waals surface area (Å²) in [4.78, 5) is 14.1. The van der Waals surface area contributed by atoms with Crippen LogP contribution in [0.1, 0.15) is 28.8 Å². The quantitative estimate of drug-likeness (QED) is 0.468. The first-order valence-corrected chi connectivity index (χ1v) is 10.2. The minimum Gasteiger partial charge on any atom is -0.339 e. The van der Waals surface area contributed by atoms with Crippen molar-refractivity contribution in [2.75, 3.05) is 13.1 Å². The molecule has 0 bridgehead atoms. The van der Waals surface area contributed by atoms with Gasteiger partial charge in [0.25, 0.3) is 5.91 Å². The molecule has 0 saturated carbocycles. The third-order valence-electron chi connectivity index (χ3n) is 5.75. The SMILES string of the molecule is O=C(c1ccc(-c2cc(-c3cccc(C(F)(F)F)c3)n[nH]2)cc1)N1CCC(C(F)(F)F)CC1. The molecule has 3 aromatic rings. The number of piperidine rings is 1. The smallest absolute Gasteiger partial charge is 0.339 e. The monoisotopic (exact) mass is 467 g/mol. The Kier molecular flexibility index (Phi) is 5.94. The summed E-state index contributed by atoms with van der Waals surface area (Å²) in [6.45, 7) is 0.0946. The van der Waals surface area contributed by atoms with Crippen molar-refractivity contribution >= 4 is 5.91 Å². The highest BCUT2D eigenvalue weighted by molar-refractivity contribution is 5.94. The van der Waals surface area contributed by atoms with E-state index in [1.165, 1.54) is 17.0 Å². The van der Waals surface area contributed by atoms with Gasteiger partial charge in [-0.15, -0.1) is 0 Å². The van der Waals surface area contributed by atoms with Crippen molar-refractivity contribution in [3.63, 3.8) is 0 Å². The Bertz CT molecular complexity index is 1130. The van der Waals surface area contributed by atoms with Gasteiger partial charge in [-0.2, -0.15) is 31.4 Å². The first-order chi connectivity index (χ1) is 15.5. The van der Waals surface area contributed by atoms with Gasteiger partial charge in [-0.05, 0) is 48.7 Å². The molecule has 0 aliphatic carbocycles. The predicted octanol–water partition coefficient (Wildman–Crippen LogP) is 6.18. The zero-order valence-corrected chi connectivity index (χ0v) is 17.2. The van der Waals surface area contributed by atoms with Gasteiger partial charge in [0.2, 0.25) is 0 Å². The second-order valence-corrected chi connectivity index (χ2v) is 7.93. The highest BCUT2D eigenvalue weighted by Crippen LogP contribution is 2.35. The number of aromatic nitrogens is 2. The van der Waals surface area contributed by atoms with E-state index in [0.717, 1.165) is 12.1 Å². The molecule has 1 N–H and O–H groups in total. The lowest BCUT2D eigenvalue weighted by atomic mass is 9.95. The van der Waals surface area contributed by atoms with Crippen LogP contribution < -0.4 is 0 Å². The molecular weight excluding hydrogens is 448 g/mol. The number of halogens is 6. The van der Waals surface area contributed by atoms with Gasteiger partial charge in [0.1, 0.15) is 0 Å². The molecule has 4 rings (SSSR count). The molecule has 174 valence electrons. The Labute approximate surface area is 185 Å². The maximum atomic E-state index is 13.0. The Morgan fingerprint density at radius 3 is 2.18 bits per heavy atom. The van der Waals surface area contributed by atoms with Crippen molar-refractivity contribution in [2.45, 2.75) is 25.2 Å². The number of aromatic amines is 1. The van der Waals surface area contributed by atoms with E-state index in [-0.39, 0.29) is 31.8 Å². The standard InChI is InChI=1S/C23H19F6N3O/c24-22(25,26)17-8-10-32(11-9-17)21(33)15-6-4-14(5-7-15)19-13-20(31-30-19)16-2-1-3-18(12-16)23(27,28)29/h1-7,12-13,17H,8-11H2,(H,30,31). The summed E-state index contributed by atoms with van der Waals surface area (Å²) in [5.41, 5.74) is 1.43. The number of carbonyl (C=O) groups excluding carboxylic acids is 1. The Balaban J connectivity index is 1.45. The summed E-state index contributed by atoms with van der Waals surface area (Å²) in [6, 6.07) is 12.9. The number of nitrogens with zero attached hydrogens (tertiary/aromatic N) is 2. The van der Waals surface area contributed by atoms with E-state index in [2.05, 4.69) is 10.2 Å². The molecule has 1 aliphatic heterocycles. The maximum Gasteiger partial charge on any atom is 0.416 e. The van der Waals surface area contributed by atoms with Crippen LogP contribution in [0.5, 0.6) is 0 Å². The van der Waals surface area contributed by atoms with Crippen LogP contribution in [-0.4, -0.2) is 40.3 Å².